The second-order valence-corrected chi connectivity index (χ2v) is 6.82. The Morgan fingerprint density at radius 1 is 1.18 bits per heavy atom. The zero-order valence-corrected chi connectivity index (χ0v) is 15.4. The van der Waals surface area contributed by atoms with E-state index in [4.69, 9.17) is 0 Å². The molecular weight excluding hydrogens is 264 g/mol. The first-order valence-corrected chi connectivity index (χ1v) is 8.78. The summed E-state index contributed by atoms with van der Waals surface area (Å²) in [6.45, 7) is 18.1. The minimum absolute atomic E-state index is 0.937. The Bertz CT molecular complexity index is 496. The minimum Gasteiger partial charge on any atom is -0.0959 e. The van der Waals surface area contributed by atoms with Crippen molar-refractivity contribution in [3.8, 4) is 0 Å². The van der Waals surface area contributed by atoms with E-state index < -0.39 is 0 Å². The van der Waals surface area contributed by atoms with Crippen LogP contribution in [0.2, 0.25) is 0 Å². The maximum atomic E-state index is 3.66. The van der Waals surface area contributed by atoms with Crippen LogP contribution in [0.5, 0.6) is 0 Å². The van der Waals surface area contributed by atoms with Gasteiger partial charge in [0.1, 0.15) is 0 Å². The Labute approximate surface area is 138 Å². The normalized spacial score (nSPS) is 20.9. The maximum absolute atomic E-state index is 3.66. The number of rotatable bonds is 3. The van der Waals surface area contributed by atoms with Gasteiger partial charge in [-0.1, -0.05) is 67.9 Å². The summed E-state index contributed by atoms with van der Waals surface area (Å²) in [5, 5.41) is 0. The summed E-state index contributed by atoms with van der Waals surface area (Å²) < 4.78 is 0. The van der Waals surface area contributed by atoms with Crippen LogP contribution in [0.3, 0.4) is 0 Å². The number of allylic oxidation sites excluding steroid dienone is 8. The van der Waals surface area contributed by atoms with E-state index in [1.807, 2.05) is 13.8 Å². The van der Waals surface area contributed by atoms with Gasteiger partial charge in [-0.15, -0.1) is 0 Å². The Hall–Kier alpha value is -1.30. The van der Waals surface area contributed by atoms with E-state index in [0.29, 0.717) is 0 Å². The van der Waals surface area contributed by atoms with Crippen molar-refractivity contribution in [2.24, 2.45) is 5.92 Å². The predicted molar refractivity (Wildman–Crippen MR) is 101 cm³/mol. The molecule has 0 unspecified atom stereocenters. The monoisotopic (exact) mass is 298 g/mol. The van der Waals surface area contributed by atoms with E-state index in [2.05, 4.69) is 46.1 Å². The van der Waals surface area contributed by atoms with E-state index in [-0.39, 0.29) is 0 Å². The van der Waals surface area contributed by atoms with Gasteiger partial charge in [0.05, 0.1) is 0 Å². The molecule has 0 bridgehead atoms. The molecule has 122 valence electrons. The van der Waals surface area contributed by atoms with E-state index >= 15 is 0 Å². The van der Waals surface area contributed by atoms with Gasteiger partial charge >= 0.3 is 0 Å². The Kier molecular flexibility index (Phi) is 7.65. The van der Waals surface area contributed by atoms with Crippen molar-refractivity contribution in [3.05, 3.63) is 58.7 Å². The van der Waals surface area contributed by atoms with Gasteiger partial charge in [0.15, 0.2) is 0 Å². The summed E-state index contributed by atoms with van der Waals surface area (Å²) >= 11 is 0. The molecule has 0 radical (unpaired) electrons. The Morgan fingerprint density at radius 3 is 2.32 bits per heavy atom. The molecule has 0 aromatic rings. The fourth-order valence-corrected chi connectivity index (χ4v) is 2.95. The smallest absolute Gasteiger partial charge is 0.0127 e. The van der Waals surface area contributed by atoms with Gasteiger partial charge in [0.2, 0.25) is 0 Å². The topological polar surface area (TPSA) is 0 Å². The summed E-state index contributed by atoms with van der Waals surface area (Å²) in [6, 6.07) is 0. The van der Waals surface area contributed by atoms with E-state index in [1.165, 1.54) is 44.1 Å². The van der Waals surface area contributed by atoms with Crippen LogP contribution in [0.4, 0.5) is 0 Å². The average Bonchev–Trinajstić information content (AvgIpc) is 2.66. The van der Waals surface area contributed by atoms with Crippen molar-refractivity contribution in [1.82, 2.24) is 0 Å². The van der Waals surface area contributed by atoms with Crippen molar-refractivity contribution in [2.45, 2.75) is 73.1 Å². The first-order valence-electron chi connectivity index (χ1n) is 8.78. The van der Waals surface area contributed by atoms with Crippen LogP contribution >= 0.6 is 0 Å². The molecular formula is C22H34. The average molecular weight is 299 g/mol. The molecule has 0 spiro atoms. The molecule has 0 N–H and O–H groups in total. The molecule has 0 saturated heterocycles. The van der Waals surface area contributed by atoms with Gasteiger partial charge in [-0.3, -0.25) is 0 Å². The van der Waals surface area contributed by atoms with Crippen molar-refractivity contribution >= 4 is 0 Å². The third-order valence-electron chi connectivity index (χ3n) is 5.01. The van der Waals surface area contributed by atoms with E-state index in [1.54, 1.807) is 16.7 Å². The first-order chi connectivity index (χ1) is 10.4. The molecule has 0 nitrogen and oxygen atoms in total. The molecule has 22 heavy (non-hydrogen) atoms. The van der Waals surface area contributed by atoms with Crippen molar-refractivity contribution in [2.75, 3.05) is 0 Å². The predicted octanol–water partition coefficient (Wildman–Crippen LogP) is 7.32. The highest BCUT2D eigenvalue weighted by Crippen LogP contribution is 2.37. The fourth-order valence-electron chi connectivity index (χ4n) is 2.95. The fraction of sp³-hybridized carbons (Fsp3) is 0.545. The lowest BCUT2D eigenvalue weighted by Crippen LogP contribution is -2.08. The standard InChI is InChI=1S/C16H24.C6H10/c1-4-13-7-9-15-8-6-12(3)14(5-2)11-16(15)10-13;1-5(2)6(3)4/h6,11,13H,4-5,7-10H2,1-3H3;1,3H2,2,4H3/t13-;/m0./s1. The number of hydrogen-bond donors (Lipinski definition) is 0. The summed E-state index contributed by atoms with van der Waals surface area (Å²) in [5.41, 5.74) is 8.58. The molecule has 0 heteroatoms. The largest absolute Gasteiger partial charge is 0.0959 e. The first kappa shape index (κ1) is 18.7. The Morgan fingerprint density at radius 2 is 1.82 bits per heavy atom. The molecule has 0 saturated carbocycles. The summed E-state index contributed by atoms with van der Waals surface area (Å²) in [5.74, 6) is 0.937. The lowest BCUT2D eigenvalue weighted by atomic mass is 9.81. The summed E-state index contributed by atoms with van der Waals surface area (Å²) in [7, 11) is 0. The van der Waals surface area contributed by atoms with Crippen LogP contribution in [0.15, 0.2) is 58.7 Å². The van der Waals surface area contributed by atoms with Gasteiger partial charge in [-0.2, -0.15) is 0 Å². The van der Waals surface area contributed by atoms with Gasteiger partial charge in [0.25, 0.3) is 0 Å². The van der Waals surface area contributed by atoms with Crippen molar-refractivity contribution < 1.29 is 0 Å². The molecule has 0 aliphatic heterocycles. The highest BCUT2D eigenvalue weighted by Gasteiger charge is 2.19. The molecule has 0 aromatic heterocycles. The maximum Gasteiger partial charge on any atom is -0.0127 e. The van der Waals surface area contributed by atoms with Crippen LogP contribution in [-0.4, -0.2) is 0 Å². The van der Waals surface area contributed by atoms with E-state index in [0.717, 1.165) is 17.1 Å². The van der Waals surface area contributed by atoms with Crippen molar-refractivity contribution in [1.29, 1.82) is 0 Å². The minimum atomic E-state index is 0.937. The second kappa shape index (κ2) is 8.98. The molecule has 2 rings (SSSR count). The van der Waals surface area contributed by atoms with Gasteiger partial charge in [-0.05, 0) is 69.9 Å². The SMILES string of the molecule is C=C(C)C(=C)C.CCC1=CC2=C(CC=C1C)CC[C@H](CC)C2. The van der Waals surface area contributed by atoms with E-state index in [9.17, 15) is 0 Å². The third-order valence-corrected chi connectivity index (χ3v) is 5.01. The zero-order chi connectivity index (χ0) is 16.7. The van der Waals surface area contributed by atoms with Crippen LogP contribution in [0.1, 0.15) is 73.1 Å². The molecule has 2 aliphatic rings. The molecule has 0 amide bonds. The molecule has 0 aromatic carbocycles. The highest BCUT2D eigenvalue weighted by atomic mass is 14.2. The van der Waals surface area contributed by atoms with Gasteiger partial charge < -0.3 is 0 Å². The second-order valence-electron chi connectivity index (χ2n) is 6.82. The quantitative estimate of drug-likeness (QED) is 0.479. The molecule has 2 aliphatic carbocycles. The van der Waals surface area contributed by atoms with Gasteiger partial charge in [-0.25, -0.2) is 0 Å². The lowest BCUT2D eigenvalue weighted by molar-refractivity contribution is 0.444. The Balaban J connectivity index is 0.000000346. The van der Waals surface area contributed by atoms with Crippen molar-refractivity contribution in [3.63, 3.8) is 0 Å². The highest BCUT2D eigenvalue weighted by molar-refractivity contribution is 5.43. The number of hydrogen-bond acceptors (Lipinski definition) is 0. The third kappa shape index (κ3) is 5.48. The molecule has 0 fully saturated rings. The summed E-state index contributed by atoms with van der Waals surface area (Å²) in [4.78, 5) is 0. The van der Waals surface area contributed by atoms with Crippen LogP contribution < -0.4 is 0 Å². The van der Waals surface area contributed by atoms with Gasteiger partial charge in [0, 0.05) is 0 Å². The zero-order valence-electron chi connectivity index (χ0n) is 15.4. The molecule has 1 atom stereocenters. The van der Waals surface area contributed by atoms with Crippen LogP contribution in [0, 0.1) is 5.92 Å². The van der Waals surface area contributed by atoms with Crippen LogP contribution in [-0.2, 0) is 0 Å². The van der Waals surface area contributed by atoms with Crippen LogP contribution in [0.25, 0.3) is 0 Å². The summed E-state index contributed by atoms with van der Waals surface area (Å²) in [6.07, 6.45) is 12.7. The molecule has 0 heterocycles. The lowest BCUT2D eigenvalue weighted by Gasteiger charge is -2.24.